The SMILES string of the molecule is c1ccc(CONCCSc2ccccc2)cc1. The lowest BCUT2D eigenvalue weighted by atomic mass is 10.2. The normalized spacial score (nSPS) is 10.4. The van der Waals surface area contributed by atoms with E-state index in [9.17, 15) is 0 Å². The summed E-state index contributed by atoms with van der Waals surface area (Å²) in [6, 6.07) is 20.5. The van der Waals surface area contributed by atoms with Crippen LogP contribution in [-0.4, -0.2) is 12.3 Å². The van der Waals surface area contributed by atoms with E-state index in [2.05, 4.69) is 41.9 Å². The fourth-order valence-electron chi connectivity index (χ4n) is 1.51. The van der Waals surface area contributed by atoms with Gasteiger partial charge in [0.25, 0.3) is 0 Å². The van der Waals surface area contributed by atoms with Gasteiger partial charge in [0.1, 0.15) is 0 Å². The minimum absolute atomic E-state index is 0.608. The van der Waals surface area contributed by atoms with Gasteiger partial charge in [-0.05, 0) is 17.7 Å². The van der Waals surface area contributed by atoms with Gasteiger partial charge in [-0.3, -0.25) is 4.84 Å². The highest BCUT2D eigenvalue weighted by atomic mass is 32.2. The van der Waals surface area contributed by atoms with Crippen molar-refractivity contribution in [3.63, 3.8) is 0 Å². The van der Waals surface area contributed by atoms with E-state index in [1.807, 2.05) is 36.0 Å². The molecule has 2 rings (SSSR count). The second-order valence-electron chi connectivity index (χ2n) is 3.83. The van der Waals surface area contributed by atoms with Crippen molar-refractivity contribution in [2.45, 2.75) is 11.5 Å². The number of rotatable bonds is 7. The van der Waals surface area contributed by atoms with Crippen LogP contribution in [0.5, 0.6) is 0 Å². The van der Waals surface area contributed by atoms with Gasteiger partial charge in [0.05, 0.1) is 6.61 Å². The van der Waals surface area contributed by atoms with E-state index < -0.39 is 0 Å². The van der Waals surface area contributed by atoms with Crippen LogP contribution in [0.3, 0.4) is 0 Å². The van der Waals surface area contributed by atoms with E-state index in [0.717, 1.165) is 12.3 Å². The molecule has 0 aliphatic heterocycles. The molecular weight excluding hydrogens is 242 g/mol. The van der Waals surface area contributed by atoms with Gasteiger partial charge in [-0.1, -0.05) is 48.5 Å². The highest BCUT2D eigenvalue weighted by Gasteiger charge is 1.93. The van der Waals surface area contributed by atoms with Crippen LogP contribution >= 0.6 is 11.8 Å². The Hall–Kier alpha value is -1.29. The summed E-state index contributed by atoms with van der Waals surface area (Å²) in [5.74, 6) is 0.999. The van der Waals surface area contributed by atoms with Gasteiger partial charge in [-0.15, -0.1) is 11.8 Å². The van der Waals surface area contributed by atoms with Crippen molar-refractivity contribution in [3.05, 3.63) is 66.2 Å². The van der Waals surface area contributed by atoms with Gasteiger partial charge in [0.2, 0.25) is 0 Å². The summed E-state index contributed by atoms with van der Waals surface area (Å²) >= 11 is 1.82. The fourth-order valence-corrected chi connectivity index (χ4v) is 2.28. The van der Waals surface area contributed by atoms with Crippen molar-refractivity contribution in [1.82, 2.24) is 5.48 Å². The second-order valence-corrected chi connectivity index (χ2v) is 5.00. The molecule has 0 atom stereocenters. The first-order valence-corrected chi connectivity index (χ1v) is 7.00. The third kappa shape index (κ3) is 4.92. The lowest BCUT2D eigenvalue weighted by Crippen LogP contribution is -2.17. The molecule has 0 heterocycles. The average molecular weight is 259 g/mol. The fraction of sp³-hybridized carbons (Fsp3) is 0.200. The monoisotopic (exact) mass is 259 g/mol. The topological polar surface area (TPSA) is 21.3 Å². The van der Waals surface area contributed by atoms with Crippen LogP contribution in [-0.2, 0) is 11.4 Å². The van der Waals surface area contributed by atoms with E-state index >= 15 is 0 Å². The van der Waals surface area contributed by atoms with Crippen LogP contribution in [0.25, 0.3) is 0 Å². The second kappa shape index (κ2) is 7.93. The number of nitrogens with one attached hydrogen (secondary N) is 1. The molecule has 0 radical (unpaired) electrons. The molecule has 0 bridgehead atoms. The van der Waals surface area contributed by atoms with Crippen molar-refractivity contribution in [3.8, 4) is 0 Å². The Balaban J connectivity index is 1.54. The number of benzene rings is 2. The summed E-state index contributed by atoms with van der Waals surface area (Å²) in [5, 5.41) is 0. The maximum Gasteiger partial charge on any atom is 0.0933 e. The first kappa shape index (κ1) is 13.1. The van der Waals surface area contributed by atoms with Crippen LogP contribution in [0.1, 0.15) is 5.56 Å². The molecule has 2 aromatic rings. The Morgan fingerprint density at radius 3 is 2.28 bits per heavy atom. The molecule has 1 N–H and O–H groups in total. The quantitative estimate of drug-likeness (QED) is 0.467. The number of hydrogen-bond donors (Lipinski definition) is 1. The summed E-state index contributed by atoms with van der Waals surface area (Å²) < 4.78 is 0. The van der Waals surface area contributed by atoms with Crippen molar-refractivity contribution >= 4 is 11.8 Å². The minimum Gasteiger partial charge on any atom is -0.297 e. The van der Waals surface area contributed by atoms with Crippen LogP contribution in [0.15, 0.2) is 65.6 Å². The zero-order chi connectivity index (χ0) is 12.5. The van der Waals surface area contributed by atoms with Crippen molar-refractivity contribution in [2.24, 2.45) is 0 Å². The Morgan fingerprint density at radius 2 is 1.56 bits per heavy atom. The van der Waals surface area contributed by atoms with Gasteiger partial charge in [-0.25, -0.2) is 5.48 Å². The molecule has 2 nitrogen and oxygen atoms in total. The molecule has 0 saturated carbocycles. The highest BCUT2D eigenvalue weighted by Crippen LogP contribution is 2.15. The predicted octanol–water partition coefficient (Wildman–Crippen LogP) is 3.50. The average Bonchev–Trinajstić information content (AvgIpc) is 2.45. The lowest BCUT2D eigenvalue weighted by Gasteiger charge is -2.05. The number of hydrogen-bond acceptors (Lipinski definition) is 3. The Morgan fingerprint density at radius 1 is 0.889 bits per heavy atom. The molecule has 0 aliphatic rings. The molecule has 94 valence electrons. The summed E-state index contributed by atoms with van der Waals surface area (Å²) in [6.07, 6.45) is 0. The lowest BCUT2D eigenvalue weighted by molar-refractivity contribution is 0.0320. The van der Waals surface area contributed by atoms with E-state index in [-0.39, 0.29) is 0 Å². The van der Waals surface area contributed by atoms with Gasteiger partial charge in [-0.2, -0.15) is 0 Å². The van der Waals surface area contributed by atoms with Crippen LogP contribution in [0, 0.1) is 0 Å². The minimum atomic E-state index is 0.608. The molecule has 2 aromatic carbocycles. The standard InChI is InChI=1S/C15H17NOS/c1-3-7-14(8-4-1)13-17-16-11-12-18-15-9-5-2-6-10-15/h1-10,16H,11-13H2. The summed E-state index contributed by atoms with van der Waals surface area (Å²) in [4.78, 5) is 6.69. The van der Waals surface area contributed by atoms with Crippen molar-refractivity contribution in [2.75, 3.05) is 12.3 Å². The third-order valence-corrected chi connectivity index (χ3v) is 3.41. The molecule has 0 unspecified atom stereocenters. The van der Waals surface area contributed by atoms with Crippen molar-refractivity contribution in [1.29, 1.82) is 0 Å². The van der Waals surface area contributed by atoms with Gasteiger partial charge < -0.3 is 0 Å². The first-order valence-electron chi connectivity index (χ1n) is 6.01. The first-order chi connectivity index (χ1) is 8.95. The zero-order valence-corrected chi connectivity index (χ0v) is 11.0. The van der Waals surface area contributed by atoms with Gasteiger partial charge >= 0.3 is 0 Å². The van der Waals surface area contributed by atoms with E-state index in [4.69, 9.17) is 4.84 Å². The molecule has 0 fully saturated rings. The van der Waals surface area contributed by atoms with Crippen molar-refractivity contribution < 1.29 is 4.84 Å². The highest BCUT2D eigenvalue weighted by molar-refractivity contribution is 7.99. The molecule has 0 spiro atoms. The number of hydroxylamine groups is 1. The van der Waals surface area contributed by atoms with E-state index in [1.165, 1.54) is 10.5 Å². The Labute approximate surface area is 112 Å². The Bertz CT molecular complexity index is 389. The van der Waals surface area contributed by atoms with Gasteiger partial charge in [0, 0.05) is 17.2 Å². The maximum atomic E-state index is 5.39. The summed E-state index contributed by atoms with van der Waals surface area (Å²) in [5.41, 5.74) is 4.16. The van der Waals surface area contributed by atoms with Gasteiger partial charge in [0.15, 0.2) is 0 Å². The third-order valence-electron chi connectivity index (χ3n) is 2.40. The summed E-state index contributed by atoms with van der Waals surface area (Å²) in [7, 11) is 0. The number of thioether (sulfide) groups is 1. The van der Waals surface area contributed by atoms with Crippen LogP contribution in [0.4, 0.5) is 0 Å². The van der Waals surface area contributed by atoms with E-state index in [1.54, 1.807) is 0 Å². The molecule has 0 aromatic heterocycles. The van der Waals surface area contributed by atoms with Crippen LogP contribution < -0.4 is 5.48 Å². The zero-order valence-electron chi connectivity index (χ0n) is 10.2. The largest absolute Gasteiger partial charge is 0.297 e. The molecule has 18 heavy (non-hydrogen) atoms. The van der Waals surface area contributed by atoms with Crippen LogP contribution in [0.2, 0.25) is 0 Å². The molecule has 0 aliphatic carbocycles. The molecular formula is C15H17NOS. The van der Waals surface area contributed by atoms with E-state index in [0.29, 0.717) is 6.61 Å². The summed E-state index contributed by atoms with van der Waals surface area (Å²) in [6.45, 7) is 1.45. The predicted molar refractivity (Wildman–Crippen MR) is 76.4 cm³/mol. The smallest absolute Gasteiger partial charge is 0.0933 e. The Kier molecular flexibility index (Phi) is 5.79. The molecule has 0 saturated heterocycles. The molecule has 0 amide bonds. The maximum absolute atomic E-state index is 5.39. The molecule has 3 heteroatoms.